The second kappa shape index (κ2) is 6.08. The van der Waals surface area contributed by atoms with E-state index in [1.807, 2.05) is 6.07 Å². The van der Waals surface area contributed by atoms with Crippen molar-refractivity contribution >= 4 is 21.4 Å². The maximum Gasteiger partial charge on any atom is 0.187 e. The van der Waals surface area contributed by atoms with Crippen LogP contribution < -0.4 is 0 Å². The first kappa shape index (κ1) is 14.6. The highest BCUT2D eigenvalue weighted by atomic mass is 35.5. The Kier molecular flexibility index (Phi) is 4.43. The molecule has 0 N–H and O–H groups in total. The first-order chi connectivity index (χ1) is 9.57. The second-order valence-corrected chi connectivity index (χ2v) is 6.74. The van der Waals surface area contributed by atoms with E-state index in [9.17, 15) is 8.42 Å². The Morgan fingerprint density at radius 1 is 1.05 bits per heavy atom. The molecule has 0 saturated heterocycles. The van der Waals surface area contributed by atoms with Gasteiger partial charge in [0, 0.05) is 0 Å². The molecule has 2 aromatic carbocycles. The standard InChI is InChI=1S/C15H12ClNO2S/c16-13-8-4-5-9-15(13)20(18,19)14(10-11-17)12-6-2-1-3-7-12/h1-9,14H,10H2. The Morgan fingerprint density at radius 2 is 1.65 bits per heavy atom. The summed E-state index contributed by atoms with van der Waals surface area (Å²) in [5.41, 5.74) is 0.592. The van der Waals surface area contributed by atoms with E-state index in [0.717, 1.165) is 0 Å². The molecule has 2 aromatic rings. The van der Waals surface area contributed by atoms with E-state index < -0.39 is 15.1 Å². The van der Waals surface area contributed by atoms with Crippen molar-refractivity contribution in [3.8, 4) is 6.07 Å². The average Bonchev–Trinajstić information content (AvgIpc) is 2.45. The van der Waals surface area contributed by atoms with E-state index >= 15 is 0 Å². The lowest BCUT2D eigenvalue weighted by Crippen LogP contribution is -2.14. The lowest BCUT2D eigenvalue weighted by Gasteiger charge is -2.16. The largest absolute Gasteiger partial charge is 0.223 e. The Labute approximate surface area is 123 Å². The molecule has 20 heavy (non-hydrogen) atoms. The van der Waals surface area contributed by atoms with Crippen LogP contribution in [0.2, 0.25) is 5.02 Å². The van der Waals surface area contributed by atoms with Gasteiger partial charge in [-0.1, -0.05) is 54.1 Å². The van der Waals surface area contributed by atoms with Gasteiger partial charge in [-0.3, -0.25) is 0 Å². The first-order valence-electron chi connectivity index (χ1n) is 5.97. The van der Waals surface area contributed by atoms with Gasteiger partial charge in [-0.15, -0.1) is 0 Å². The number of rotatable bonds is 4. The molecule has 0 amide bonds. The normalized spacial score (nSPS) is 12.6. The minimum absolute atomic E-state index is 0.0609. The maximum absolute atomic E-state index is 12.7. The number of nitrogens with zero attached hydrogens (tertiary/aromatic N) is 1. The molecular formula is C15H12ClNO2S. The first-order valence-corrected chi connectivity index (χ1v) is 7.90. The lowest BCUT2D eigenvalue weighted by molar-refractivity contribution is 0.582. The van der Waals surface area contributed by atoms with Crippen molar-refractivity contribution in [2.24, 2.45) is 0 Å². The topological polar surface area (TPSA) is 57.9 Å². The molecule has 0 aliphatic carbocycles. The fourth-order valence-electron chi connectivity index (χ4n) is 1.99. The smallest absolute Gasteiger partial charge is 0.187 e. The number of sulfone groups is 1. The van der Waals surface area contributed by atoms with Crippen molar-refractivity contribution < 1.29 is 8.42 Å². The summed E-state index contributed by atoms with van der Waals surface area (Å²) in [7, 11) is -3.70. The van der Waals surface area contributed by atoms with Crippen LogP contribution in [0, 0.1) is 11.3 Å². The van der Waals surface area contributed by atoms with Gasteiger partial charge in [-0.2, -0.15) is 5.26 Å². The Bertz CT molecular complexity index is 736. The second-order valence-electron chi connectivity index (χ2n) is 4.24. The van der Waals surface area contributed by atoms with Crippen molar-refractivity contribution in [1.82, 2.24) is 0 Å². The van der Waals surface area contributed by atoms with Crippen LogP contribution in [-0.4, -0.2) is 8.42 Å². The van der Waals surface area contributed by atoms with Gasteiger partial charge >= 0.3 is 0 Å². The van der Waals surface area contributed by atoms with Crippen LogP contribution >= 0.6 is 11.6 Å². The zero-order chi connectivity index (χ0) is 14.6. The third-order valence-corrected chi connectivity index (χ3v) is 5.56. The van der Waals surface area contributed by atoms with Crippen LogP contribution in [-0.2, 0) is 9.84 Å². The summed E-state index contributed by atoms with van der Waals surface area (Å²) in [6.45, 7) is 0. The molecular weight excluding hydrogens is 294 g/mol. The van der Waals surface area contributed by atoms with Gasteiger partial charge < -0.3 is 0 Å². The predicted molar refractivity (Wildman–Crippen MR) is 78.1 cm³/mol. The molecule has 102 valence electrons. The summed E-state index contributed by atoms with van der Waals surface area (Å²) < 4.78 is 25.4. The summed E-state index contributed by atoms with van der Waals surface area (Å²) in [5, 5.41) is 8.19. The highest BCUT2D eigenvalue weighted by molar-refractivity contribution is 7.91. The Balaban J connectivity index is 2.55. The zero-order valence-corrected chi connectivity index (χ0v) is 12.1. The molecule has 0 heterocycles. The minimum atomic E-state index is -3.70. The number of nitriles is 1. The van der Waals surface area contributed by atoms with Crippen LogP contribution in [0.5, 0.6) is 0 Å². The average molecular weight is 306 g/mol. The zero-order valence-electron chi connectivity index (χ0n) is 10.5. The summed E-state index contributed by atoms with van der Waals surface area (Å²) in [6, 6.07) is 16.9. The molecule has 0 bridgehead atoms. The summed E-state index contributed by atoms with van der Waals surface area (Å²) in [5.74, 6) is 0. The van der Waals surface area contributed by atoms with Gasteiger partial charge in [-0.25, -0.2) is 8.42 Å². The van der Waals surface area contributed by atoms with Gasteiger partial charge in [0.15, 0.2) is 9.84 Å². The molecule has 0 spiro atoms. The molecule has 1 atom stereocenters. The fraction of sp³-hybridized carbons (Fsp3) is 0.133. The predicted octanol–water partition coefficient (Wildman–Crippen LogP) is 3.77. The van der Waals surface area contributed by atoms with Gasteiger partial charge in [-0.05, 0) is 17.7 Å². The fourth-order valence-corrected chi connectivity index (χ4v) is 4.17. The molecule has 0 aromatic heterocycles. The van der Waals surface area contributed by atoms with Gasteiger partial charge in [0.05, 0.1) is 22.4 Å². The van der Waals surface area contributed by atoms with E-state index in [4.69, 9.17) is 16.9 Å². The number of halogens is 1. The van der Waals surface area contributed by atoms with E-state index in [2.05, 4.69) is 0 Å². The van der Waals surface area contributed by atoms with E-state index in [1.54, 1.807) is 42.5 Å². The van der Waals surface area contributed by atoms with E-state index in [-0.39, 0.29) is 16.3 Å². The molecule has 0 radical (unpaired) electrons. The van der Waals surface area contributed by atoms with Crippen molar-refractivity contribution in [3.05, 3.63) is 65.2 Å². The van der Waals surface area contributed by atoms with E-state index in [1.165, 1.54) is 12.1 Å². The Hall–Kier alpha value is -1.83. The molecule has 5 heteroatoms. The summed E-state index contributed by atoms with van der Waals surface area (Å²) in [4.78, 5) is 0.0609. The monoisotopic (exact) mass is 305 g/mol. The van der Waals surface area contributed by atoms with E-state index in [0.29, 0.717) is 5.56 Å². The maximum atomic E-state index is 12.7. The molecule has 1 unspecified atom stereocenters. The molecule has 0 aliphatic heterocycles. The van der Waals surface area contributed by atoms with Crippen LogP contribution in [0.3, 0.4) is 0 Å². The van der Waals surface area contributed by atoms with Crippen molar-refractivity contribution in [3.63, 3.8) is 0 Å². The van der Waals surface area contributed by atoms with Crippen molar-refractivity contribution in [2.45, 2.75) is 16.6 Å². The minimum Gasteiger partial charge on any atom is -0.223 e. The third kappa shape index (κ3) is 2.84. The van der Waals surface area contributed by atoms with Crippen molar-refractivity contribution in [1.29, 1.82) is 5.26 Å². The number of hydrogen-bond donors (Lipinski definition) is 0. The molecule has 3 nitrogen and oxygen atoms in total. The van der Waals surface area contributed by atoms with Gasteiger partial charge in [0.25, 0.3) is 0 Å². The van der Waals surface area contributed by atoms with Crippen LogP contribution in [0.4, 0.5) is 0 Å². The molecule has 0 saturated carbocycles. The SMILES string of the molecule is N#CCC(c1ccccc1)S(=O)(=O)c1ccccc1Cl. The molecule has 0 fully saturated rings. The quantitative estimate of drug-likeness (QED) is 0.864. The summed E-state index contributed by atoms with van der Waals surface area (Å²) in [6.07, 6.45) is -0.114. The summed E-state index contributed by atoms with van der Waals surface area (Å²) >= 11 is 5.98. The third-order valence-electron chi connectivity index (χ3n) is 2.97. The lowest BCUT2D eigenvalue weighted by atomic mass is 10.1. The number of hydrogen-bond acceptors (Lipinski definition) is 3. The highest BCUT2D eigenvalue weighted by Crippen LogP contribution is 2.34. The van der Waals surface area contributed by atoms with Gasteiger partial charge in [0.2, 0.25) is 0 Å². The van der Waals surface area contributed by atoms with Gasteiger partial charge in [0.1, 0.15) is 5.25 Å². The van der Waals surface area contributed by atoms with Crippen molar-refractivity contribution in [2.75, 3.05) is 0 Å². The molecule has 0 aliphatic rings. The number of benzene rings is 2. The Morgan fingerprint density at radius 3 is 2.25 bits per heavy atom. The van der Waals surface area contributed by atoms with Crippen LogP contribution in [0.1, 0.15) is 17.2 Å². The van der Waals surface area contributed by atoms with Crippen LogP contribution in [0.25, 0.3) is 0 Å². The molecule has 2 rings (SSSR count). The van der Waals surface area contributed by atoms with Crippen LogP contribution in [0.15, 0.2) is 59.5 Å². The highest BCUT2D eigenvalue weighted by Gasteiger charge is 2.30.